The minimum atomic E-state index is 0.501. The summed E-state index contributed by atoms with van der Waals surface area (Å²) >= 11 is 0. The summed E-state index contributed by atoms with van der Waals surface area (Å²) in [6.07, 6.45) is 5.15. The van der Waals surface area contributed by atoms with Crippen molar-refractivity contribution in [3.05, 3.63) is 29.8 Å². The van der Waals surface area contributed by atoms with Crippen LogP contribution in [-0.2, 0) is 0 Å². The standard InChI is InChI=1S/C14H18N2O/c1-17-11-8-6-10(7-9-11)14-15-12-4-2-3-5-13(12)16-14/h6-9,12-13H,2-5H2,1H3,(H,15,16)/t12-,13-/m1/s1. The summed E-state index contributed by atoms with van der Waals surface area (Å²) in [5, 5.41) is 3.56. The Kier molecular flexibility index (Phi) is 2.75. The zero-order valence-corrected chi connectivity index (χ0v) is 10.1. The first-order chi connectivity index (χ1) is 8.36. The van der Waals surface area contributed by atoms with Gasteiger partial charge in [0.15, 0.2) is 0 Å². The lowest BCUT2D eigenvalue weighted by Gasteiger charge is -2.23. The van der Waals surface area contributed by atoms with Crippen LogP contribution in [0.25, 0.3) is 0 Å². The third-order valence-electron chi connectivity index (χ3n) is 3.71. The van der Waals surface area contributed by atoms with Gasteiger partial charge in [-0.3, -0.25) is 4.99 Å². The second-order valence-corrected chi connectivity index (χ2v) is 4.81. The van der Waals surface area contributed by atoms with Gasteiger partial charge >= 0.3 is 0 Å². The first kappa shape index (κ1) is 10.6. The van der Waals surface area contributed by atoms with E-state index < -0.39 is 0 Å². The second kappa shape index (κ2) is 4.40. The number of aliphatic imine (C=N–C) groups is 1. The van der Waals surface area contributed by atoms with E-state index in [1.165, 1.54) is 31.2 Å². The summed E-state index contributed by atoms with van der Waals surface area (Å²) < 4.78 is 5.17. The van der Waals surface area contributed by atoms with Gasteiger partial charge < -0.3 is 10.1 Å². The third-order valence-corrected chi connectivity index (χ3v) is 3.71. The molecule has 0 amide bonds. The molecule has 1 heterocycles. The first-order valence-corrected chi connectivity index (χ1v) is 6.35. The molecule has 0 radical (unpaired) electrons. The van der Waals surface area contributed by atoms with Crippen LogP contribution in [0.3, 0.4) is 0 Å². The number of methoxy groups -OCH3 is 1. The molecule has 1 aliphatic heterocycles. The fourth-order valence-corrected chi connectivity index (χ4v) is 2.72. The maximum Gasteiger partial charge on any atom is 0.128 e. The molecule has 0 aromatic heterocycles. The molecule has 0 saturated heterocycles. The van der Waals surface area contributed by atoms with Crippen LogP contribution in [0.1, 0.15) is 31.2 Å². The molecular weight excluding hydrogens is 212 g/mol. The van der Waals surface area contributed by atoms with E-state index in [1.54, 1.807) is 7.11 Å². The van der Waals surface area contributed by atoms with Gasteiger partial charge in [-0.1, -0.05) is 12.8 Å². The van der Waals surface area contributed by atoms with Gasteiger partial charge in [0.25, 0.3) is 0 Å². The van der Waals surface area contributed by atoms with E-state index in [1.807, 2.05) is 12.1 Å². The van der Waals surface area contributed by atoms with Crippen LogP contribution in [0.5, 0.6) is 5.75 Å². The normalized spacial score (nSPS) is 27.0. The van der Waals surface area contributed by atoms with Crippen molar-refractivity contribution >= 4 is 5.84 Å². The molecule has 0 unspecified atom stereocenters. The first-order valence-electron chi connectivity index (χ1n) is 6.35. The Labute approximate surface area is 102 Å². The number of nitrogens with zero attached hydrogens (tertiary/aromatic N) is 1. The molecular formula is C14H18N2O. The van der Waals surface area contributed by atoms with Crippen molar-refractivity contribution in [2.45, 2.75) is 37.8 Å². The van der Waals surface area contributed by atoms with Gasteiger partial charge in [-0.2, -0.15) is 0 Å². The average molecular weight is 230 g/mol. The highest BCUT2D eigenvalue weighted by molar-refractivity contribution is 6.00. The highest BCUT2D eigenvalue weighted by Gasteiger charge is 2.30. The molecule has 2 atom stereocenters. The number of benzene rings is 1. The summed E-state index contributed by atoms with van der Waals surface area (Å²) in [6, 6.07) is 9.19. The van der Waals surface area contributed by atoms with Gasteiger partial charge in [-0.25, -0.2) is 0 Å². The molecule has 1 aliphatic carbocycles. The number of ether oxygens (including phenoxy) is 1. The molecule has 2 aliphatic rings. The third kappa shape index (κ3) is 2.02. The fourth-order valence-electron chi connectivity index (χ4n) is 2.72. The SMILES string of the molecule is COc1ccc(C2=N[C@@H]3CCCC[C@H]3N2)cc1. The lowest BCUT2D eigenvalue weighted by molar-refractivity contribution is 0.385. The predicted molar refractivity (Wildman–Crippen MR) is 68.7 cm³/mol. The zero-order chi connectivity index (χ0) is 11.7. The van der Waals surface area contributed by atoms with E-state index in [0.29, 0.717) is 12.1 Å². The Hall–Kier alpha value is -1.51. The molecule has 0 spiro atoms. The lowest BCUT2D eigenvalue weighted by Crippen LogP contribution is -2.36. The summed E-state index contributed by atoms with van der Waals surface area (Å²) in [4.78, 5) is 4.80. The van der Waals surface area contributed by atoms with Crippen LogP contribution in [0.15, 0.2) is 29.3 Å². The molecule has 1 aromatic rings. The van der Waals surface area contributed by atoms with Gasteiger partial charge in [0.05, 0.1) is 13.2 Å². The minimum absolute atomic E-state index is 0.501. The molecule has 1 saturated carbocycles. The van der Waals surface area contributed by atoms with Crippen molar-refractivity contribution in [1.29, 1.82) is 0 Å². The number of hydrogen-bond acceptors (Lipinski definition) is 3. The van der Waals surface area contributed by atoms with E-state index in [0.717, 1.165) is 11.6 Å². The van der Waals surface area contributed by atoms with Crippen LogP contribution in [0.4, 0.5) is 0 Å². The molecule has 1 aromatic carbocycles. The summed E-state index contributed by atoms with van der Waals surface area (Å²) in [6.45, 7) is 0. The van der Waals surface area contributed by atoms with Gasteiger partial charge in [0, 0.05) is 11.6 Å². The van der Waals surface area contributed by atoms with Crippen LogP contribution in [0, 0.1) is 0 Å². The molecule has 90 valence electrons. The van der Waals surface area contributed by atoms with E-state index in [9.17, 15) is 0 Å². The quantitative estimate of drug-likeness (QED) is 0.846. The summed E-state index contributed by atoms with van der Waals surface area (Å²) in [5.74, 6) is 1.95. The van der Waals surface area contributed by atoms with Crippen molar-refractivity contribution in [1.82, 2.24) is 5.32 Å². The highest BCUT2D eigenvalue weighted by Crippen LogP contribution is 2.26. The molecule has 17 heavy (non-hydrogen) atoms. The zero-order valence-electron chi connectivity index (χ0n) is 10.1. The molecule has 3 nitrogen and oxygen atoms in total. The van der Waals surface area contributed by atoms with Crippen molar-refractivity contribution in [2.75, 3.05) is 7.11 Å². The fraction of sp³-hybridized carbons (Fsp3) is 0.500. The Balaban J connectivity index is 1.80. The van der Waals surface area contributed by atoms with Crippen molar-refractivity contribution in [3.8, 4) is 5.75 Å². The minimum Gasteiger partial charge on any atom is -0.497 e. The van der Waals surface area contributed by atoms with Crippen LogP contribution < -0.4 is 10.1 Å². The monoisotopic (exact) mass is 230 g/mol. The number of rotatable bonds is 2. The van der Waals surface area contributed by atoms with Gasteiger partial charge in [-0.15, -0.1) is 0 Å². The molecule has 0 bridgehead atoms. The number of fused-ring (bicyclic) bond motifs is 1. The van der Waals surface area contributed by atoms with E-state index >= 15 is 0 Å². The van der Waals surface area contributed by atoms with Crippen molar-refractivity contribution in [3.63, 3.8) is 0 Å². The topological polar surface area (TPSA) is 33.6 Å². The second-order valence-electron chi connectivity index (χ2n) is 4.81. The Bertz CT molecular complexity index is 424. The molecule has 3 rings (SSSR count). The number of amidine groups is 1. The van der Waals surface area contributed by atoms with Gasteiger partial charge in [0.1, 0.15) is 11.6 Å². The predicted octanol–water partition coefficient (Wildman–Crippen LogP) is 2.36. The smallest absolute Gasteiger partial charge is 0.128 e. The maximum atomic E-state index is 5.17. The number of nitrogens with one attached hydrogen (secondary N) is 1. The van der Waals surface area contributed by atoms with Gasteiger partial charge in [-0.05, 0) is 37.1 Å². The van der Waals surface area contributed by atoms with E-state index in [4.69, 9.17) is 9.73 Å². The van der Waals surface area contributed by atoms with Crippen LogP contribution in [0.2, 0.25) is 0 Å². The largest absolute Gasteiger partial charge is 0.497 e. The van der Waals surface area contributed by atoms with Crippen LogP contribution >= 0.6 is 0 Å². The molecule has 3 heteroatoms. The van der Waals surface area contributed by atoms with Crippen molar-refractivity contribution < 1.29 is 4.74 Å². The van der Waals surface area contributed by atoms with E-state index in [-0.39, 0.29) is 0 Å². The van der Waals surface area contributed by atoms with Crippen molar-refractivity contribution in [2.24, 2.45) is 4.99 Å². The number of hydrogen-bond donors (Lipinski definition) is 1. The summed E-state index contributed by atoms with van der Waals surface area (Å²) in [7, 11) is 1.69. The molecule has 1 N–H and O–H groups in total. The Morgan fingerprint density at radius 3 is 2.65 bits per heavy atom. The highest BCUT2D eigenvalue weighted by atomic mass is 16.5. The van der Waals surface area contributed by atoms with Crippen LogP contribution in [-0.4, -0.2) is 25.0 Å². The molecule has 1 fully saturated rings. The Morgan fingerprint density at radius 1 is 1.18 bits per heavy atom. The average Bonchev–Trinajstić information content (AvgIpc) is 2.82. The maximum absolute atomic E-state index is 5.17. The van der Waals surface area contributed by atoms with E-state index in [2.05, 4.69) is 17.4 Å². The lowest BCUT2D eigenvalue weighted by atomic mass is 9.92. The van der Waals surface area contributed by atoms with Gasteiger partial charge in [0.2, 0.25) is 0 Å². The Morgan fingerprint density at radius 2 is 1.94 bits per heavy atom. The summed E-state index contributed by atoms with van der Waals surface area (Å²) in [5.41, 5.74) is 1.17.